The molecule has 86 valence electrons. The average molecular weight is 228 g/mol. The summed E-state index contributed by atoms with van der Waals surface area (Å²) >= 11 is 1.40. The minimum Gasteiger partial charge on any atom is -0.467 e. The average Bonchev–Trinajstić information content (AvgIpc) is 2.59. The van der Waals surface area contributed by atoms with Gasteiger partial charge in [0.15, 0.2) is 0 Å². The Morgan fingerprint density at radius 2 is 2.27 bits per heavy atom. The highest BCUT2D eigenvalue weighted by molar-refractivity contribution is 7.17. The summed E-state index contributed by atoms with van der Waals surface area (Å²) < 4.78 is 5.64. The first-order valence-electron chi connectivity index (χ1n) is 5.60. The molecule has 0 fully saturated rings. The number of thiazole rings is 1. The van der Waals surface area contributed by atoms with Crippen molar-refractivity contribution in [1.82, 2.24) is 4.98 Å². The van der Waals surface area contributed by atoms with Gasteiger partial charge in [0.05, 0.1) is 12.3 Å². The number of unbranched alkanes of at least 4 members (excludes halogenated alkanes) is 3. The second-order valence-corrected chi connectivity index (χ2v) is 4.83. The fourth-order valence-corrected chi connectivity index (χ4v) is 2.04. The van der Waals surface area contributed by atoms with Gasteiger partial charge >= 0.3 is 0 Å². The van der Waals surface area contributed by atoms with Gasteiger partial charge in [-0.05, 0) is 19.8 Å². The third kappa shape index (κ3) is 5.02. The second-order valence-electron chi connectivity index (χ2n) is 3.81. The summed E-state index contributed by atoms with van der Waals surface area (Å²) in [5.41, 5.74) is 5.57. The topological polar surface area (TPSA) is 48.1 Å². The third-order valence-corrected chi connectivity index (χ3v) is 2.99. The molecule has 0 amide bonds. The molecule has 0 saturated heterocycles. The molecule has 4 heteroatoms. The van der Waals surface area contributed by atoms with E-state index in [0.717, 1.165) is 6.42 Å². The summed E-state index contributed by atoms with van der Waals surface area (Å²) in [6.07, 6.45) is 8.10. The van der Waals surface area contributed by atoms with Gasteiger partial charge in [-0.25, -0.2) is 4.98 Å². The lowest BCUT2D eigenvalue weighted by Gasteiger charge is -2.11. The quantitative estimate of drug-likeness (QED) is 0.727. The molecule has 2 N–H and O–H groups in total. The molecule has 0 saturated carbocycles. The number of ether oxygens (including phenoxy) is 1. The number of anilines is 1. The van der Waals surface area contributed by atoms with Crippen molar-refractivity contribution in [3.8, 4) is 5.19 Å². The molecule has 0 spiro atoms. The SMILES string of the molecule is CCCCCCC(C)Oc1ncc(N)s1. The molecule has 0 aliphatic rings. The number of nitrogens with zero attached hydrogens (tertiary/aromatic N) is 1. The molecule has 0 aliphatic heterocycles. The van der Waals surface area contributed by atoms with E-state index in [1.807, 2.05) is 0 Å². The smallest absolute Gasteiger partial charge is 0.275 e. The molecule has 0 aliphatic carbocycles. The van der Waals surface area contributed by atoms with E-state index >= 15 is 0 Å². The van der Waals surface area contributed by atoms with E-state index in [-0.39, 0.29) is 6.10 Å². The molecule has 0 bridgehead atoms. The van der Waals surface area contributed by atoms with E-state index in [4.69, 9.17) is 10.5 Å². The number of rotatable bonds is 7. The van der Waals surface area contributed by atoms with Crippen LogP contribution in [0.25, 0.3) is 0 Å². The van der Waals surface area contributed by atoms with Gasteiger partial charge < -0.3 is 10.5 Å². The highest BCUT2D eigenvalue weighted by Crippen LogP contribution is 2.23. The van der Waals surface area contributed by atoms with Gasteiger partial charge in [-0.1, -0.05) is 37.5 Å². The molecule has 15 heavy (non-hydrogen) atoms. The first-order chi connectivity index (χ1) is 7.22. The van der Waals surface area contributed by atoms with Crippen molar-refractivity contribution in [3.05, 3.63) is 6.20 Å². The Morgan fingerprint density at radius 3 is 2.87 bits per heavy atom. The molecule has 1 rings (SSSR count). The highest BCUT2D eigenvalue weighted by atomic mass is 32.1. The first kappa shape index (κ1) is 12.3. The van der Waals surface area contributed by atoms with E-state index < -0.39 is 0 Å². The molecule has 1 heterocycles. The Hall–Kier alpha value is -0.770. The molecule has 0 aromatic carbocycles. The lowest BCUT2D eigenvalue weighted by molar-refractivity contribution is 0.205. The van der Waals surface area contributed by atoms with Crippen molar-refractivity contribution in [2.45, 2.75) is 52.1 Å². The van der Waals surface area contributed by atoms with Crippen LogP contribution in [0.4, 0.5) is 5.00 Å². The van der Waals surface area contributed by atoms with Crippen molar-refractivity contribution in [1.29, 1.82) is 0 Å². The summed E-state index contributed by atoms with van der Waals surface area (Å²) in [4.78, 5) is 4.07. The zero-order valence-electron chi connectivity index (χ0n) is 9.53. The minimum atomic E-state index is 0.243. The Kier molecular flexibility index (Phi) is 5.47. The van der Waals surface area contributed by atoms with Crippen LogP contribution in [-0.4, -0.2) is 11.1 Å². The van der Waals surface area contributed by atoms with Gasteiger partial charge in [0.1, 0.15) is 5.00 Å². The normalized spacial score (nSPS) is 12.7. The zero-order chi connectivity index (χ0) is 11.1. The van der Waals surface area contributed by atoms with Crippen LogP contribution in [0.15, 0.2) is 6.20 Å². The largest absolute Gasteiger partial charge is 0.467 e. The zero-order valence-corrected chi connectivity index (χ0v) is 10.3. The van der Waals surface area contributed by atoms with Crippen LogP contribution in [-0.2, 0) is 0 Å². The van der Waals surface area contributed by atoms with Crippen molar-refractivity contribution in [3.63, 3.8) is 0 Å². The fraction of sp³-hybridized carbons (Fsp3) is 0.727. The predicted octanol–water partition coefficient (Wildman–Crippen LogP) is 3.46. The molecular weight excluding hydrogens is 208 g/mol. The Labute approximate surface area is 95.7 Å². The number of nitrogens with two attached hydrogens (primary N) is 1. The van der Waals surface area contributed by atoms with Crippen LogP contribution in [0.1, 0.15) is 46.0 Å². The molecule has 0 radical (unpaired) electrons. The van der Waals surface area contributed by atoms with E-state index in [0.29, 0.717) is 10.2 Å². The van der Waals surface area contributed by atoms with E-state index in [2.05, 4.69) is 18.8 Å². The summed E-state index contributed by atoms with van der Waals surface area (Å²) in [6.45, 7) is 4.31. The van der Waals surface area contributed by atoms with Gasteiger partial charge in [0.2, 0.25) is 0 Å². The Bertz CT molecular complexity index is 275. The Balaban J connectivity index is 2.15. The van der Waals surface area contributed by atoms with Crippen LogP contribution in [0.5, 0.6) is 5.19 Å². The van der Waals surface area contributed by atoms with Crippen molar-refractivity contribution in [2.75, 3.05) is 5.73 Å². The van der Waals surface area contributed by atoms with Crippen LogP contribution < -0.4 is 10.5 Å². The van der Waals surface area contributed by atoms with Crippen molar-refractivity contribution in [2.24, 2.45) is 0 Å². The minimum absolute atomic E-state index is 0.243. The maximum absolute atomic E-state index is 5.64. The molecular formula is C11H20N2OS. The lowest BCUT2D eigenvalue weighted by Crippen LogP contribution is -2.11. The van der Waals surface area contributed by atoms with E-state index in [9.17, 15) is 0 Å². The van der Waals surface area contributed by atoms with Crippen LogP contribution in [0.2, 0.25) is 0 Å². The Morgan fingerprint density at radius 1 is 1.47 bits per heavy atom. The number of hydrogen-bond acceptors (Lipinski definition) is 4. The number of aromatic nitrogens is 1. The number of hydrogen-bond donors (Lipinski definition) is 1. The third-order valence-electron chi connectivity index (χ3n) is 2.27. The summed E-state index contributed by atoms with van der Waals surface area (Å²) in [5.74, 6) is 0. The van der Waals surface area contributed by atoms with Gasteiger partial charge in [0, 0.05) is 0 Å². The first-order valence-corrected chi connectivity index (χ1v) is 6.42. The summed E-state index contributed by atoms with van der Waals surface area (Å²) in [6, 6.07) is 0. The van der Waals surface area contributed by atoms with Gasteiger partial charge in [-0.15, -0.1) is 0 Å². The van der Waals surface area contributed by atoms with Gasteiger partial charge in [-0.3, -0.25) is 0 Å². The van der Waals surface area contributed by atoms with Crippen molar-refractivity contribution < 1.29 is 4.74 Å². The maximum atomic E-state index is 5.64. The second kappa shape index (κ2) is 6.67. The van der Waals surface area contributed by atoms with Gasteiger partial charge in [0.25, 0.3) is 5.19 Å². The van der Waals surface area contributed by atoms with Crippen LogP contribution >= 0.6 is 11.3 Å². The van der Waals surface area contributed by atoms with E-state index in [1.165, 1.54) is 37.0 Å². The summed E-state index contributed by atoms with van der Waals surface area (Å²) in [5, 5.41) is 1.40. The van der Waals surface area contributed by atoms with E-state index in [1.54, 1.807) is 6.20 Å². The molecule has 3 nitrogen and oxygen atoms in total. The summed E-state index contributed by atoms with van der Waals surface area (Å²) in [7, 11) is 0. The van der Waals surface area contributed by atoms with Crippen molar-refractivity contribution >= 4 is 16.3 Å². The number of nitrogen functional groups attached to an aromatic ring is 1. The highest BCUT2D eigenvalue weighted by Gasteiger charge is 2.06. The monoisotopic (exact) mass is 228 g/mol. The maximum Gasteiger partial charge on any atom is 0.275 e. The fourth-order valence-electron chi connectivity index (χ4n) is 1.41. The lowest BCUT2D eigenvalue weighted by atomic mass is 10.1. The standard InChI is InChI=1S/C11H20N2OS/c1-3-4-5-6-7-9(2)14-11-13-8-10(12)15-11/h8-9H,3-7,12H2,1-2H3. The van der Waals surface area contributed by atoms with Crippen LogP contribution in [0.3, 0.4) is 0 Å². The molecule has 1 atom stereocenters. The van der Waals surface area contributed by atoms with Gasteiger partial charge in [-0.2, -0.15) is 0 Å². The molecule has 1 aromatic rings. The van der Waals surface area contributed by atoms with Crippen LogP contribution in [0, 0.1) is 0 Å². The molecule has 1 aromatic heterocycles. The molecule has 1 unspecified atom stereocenters. The predicted molar refractivity (Wildman–Crippen MR) is 65.4 cm³/mol.